The molecule has 1 atom stereocenters. The van der Waals surface area contributed by atoms with Crippen molar-refractivity contribution in [1.82, 2.24) is 15.1 Å². The molecule has 0 aliphatic heterocycles. The summed E-state index contributed by atoms with van der Waals surface area (Å²) in [6, 6.07) is 4.06. The molecule has 0 fully saturated rings. The minimum absolute atomic E-state index is 0.111. The Balaban J connectivity index is 2.44. The lowest BCUT2D eigenvalue weighted by molar-refractivity contribution is 0.611. The van der Waals surface area contributed by atoms with E-state index in [9.17, 15) is 0 Å². The van der Waals surface area contributed by atoms with Crippen molar-refractivity contribution in [2.75, 3.05) is 7.05 Å². The van der Waals surface area contributed by atoms with Gasteiger partial charge in [-0.3, -0.25) is 4.68 Å². The molecular formula is C10H11BrClN3S. The highest BCUT2D eigenvalue weighted by Gasteiger charge is 2.20. The summed E-state index contributed by atoms with van der Waals surface area (Å²) in [6.07, 6.45) is 1.80. The normalized spacial score (nSPS) is 13.0. The van der Waals surface area contributed by atoms with Crippen LogP contribution in [0.5, 0.6) is 0 Å². The fourth-order valence-corrected chi connectivity index (χ4v) is 3.39. The Bertz CT molecular complexity index is 474. The molecule has 2 aromatic rings. The van der Waals surface area contributed by atoms with Crippen molar-refractivity contribution in [2.24, 2.45) is 7.05 Å². The van der Waals surface area contributed by atoms with Gasteiger partial charge >= 0.3 is 0 Å². The zero-order valence-corrected chi connectivity index (χ0v) is 12.0. The Hall–Kier alpha value is -0.360. The van der Waals surface area contributed by atoms with Crippen LogP contribution >= 0.6 is 38.9 Å². The average molecular weight is 321 g/mol. The molecule has 0 radical (unpaired) electrons. The van der Waals surface area contributed by atoms with Gasteiger partial charge in [-0.05, 0) is 35.1 Å². The van der Waals surface area contributed by atoms with Crippen LogP contribution in [0, 0.1) is 0 Å². The van der Waals surface area contributed by atoms with Crippen LogP contribution in [-0.2, 0) is 7.05 Å². The molecule has 86 valence electrons. The molecule has 1 unspecified atom stereocenters. The summed E-state index contributed by atoms with van der Waals surface area (Å²) >= 11 is 11.0. The van der Waals surface area contributed by atoms with E-state index in [1.165, 1.54) is 4.88 Å². The van der Waals surface area contributed by atoms with Crippen molar-refractivity contribution in [2.45, 2.75) is 6.04 Å². The van der Waals surface area contributed by atoms with Crippen LogP contribution in [-0.4, -0.2) is 16.8 Å². The first kappa shape index (κ1) is 12.1. The van der Waals surface area contributed by atoms with Crippen LogP contribution in [0.3, 0.4) is 0 Å². The number of hydrogen-bond acceptors (Lipinski definition) is 3. The molecule has 0 aliphatic carbocycles. The maximum absolute atomic E-state index is 5.96. The number of halogens is 2. The molecule has 0 aromatic carbocycles. The van der Waals surface area contributed by atoms with Gasteiger partial charge in [-0.25, -0.2) is 0 Å². The molecule has 2 heterocycles. The van der Waals surface area contributed by atoms with E-state index in [-0.39, 0.29) is 6.04 Å². The van der Waals surface area contributed by atoms with Crippen LogP contribution in [0.15, 0.2) is 22.8 Å². The second kappa shape index (κ2) is 4.87. The maximum Gasteiger partial charge on any atom is 0.0931 e. The summed E-state index contributed by atoms with van der Waals surface area (Å²) in [6.45, 7) is 0. The molecule has 0 saturated heterocycles. The van der Waals surface area contributed by atoms with Crippen molar-refractivity contribution in [1.29, 1.82) is 0 Å². The highest BCUT2D eigenvalue weighted by atomic mass is 79.9. The average Bonchev–Trinajstić information content (AvgIpc) is 2.80. The third-order valence-corrected chi connectivity index (χ3v) is 4.29. The van der Waals surface area contributed by atoms with Crippen LogP contribution in [0.1, 0.15) is 16.6 Å². The van der Waals surface area contributed by atoms with Crippen molar-refractivity contribution in [3.63, 3.8) is 0 Å². The lowest BCUT2D eigenvalue weighted by atomic mass is 10.2. The molecule has 16 heavy (non-hydrogen) atoms. The molecule has 1 N–H and O–H groups in total. The van der Waals surface area contributed by atoms with Gasteiger partial charge in [0.1, 0.15) is 0 Å². The second-order valence-corrected chi connectivity index (χ2v) is 5.97. The molecular weight excluding hydrogens is 310 g/mol. The zero-order chi connectivity index (χ0) is 11.7. The van der Waals surface area contributed by atoms with E-state index in [4.69, 9.17) is 11.6 Å². The van der Waals surface area contributed by atoms with E-state index < -0.39 is 0 Å². The molecule has 2 aromatic heterocycles. The smallest absolute Gasteiger partial charge is 0.0931 e. The van der Waals surface area contributed by atoms with Gasteiger partial charge in [-0.2, -0.15) is 5.10 Å². The molecule has 2 rings (SSSR count). The van der Waals surface area contributed by atoms with Gasteiger partial charge < -0.3 is 5.32 Å². The predicted molar refractivity (Wildman–Crippen MR) is 71.1 cm³/mol. The second-order valence-electron chi connectivity index (χ2n) is 3.36. The van der Waals surface area contributed by atoms with E-state index >= 15 is 0 Å². The number of nitrogens with one attached hydrogen (secondary N) is 1. The van der Waals surface area contributed by atoms with Gasteiger partial charge in [0.05, 0.1) is 26.7 Å². The summed E-state index contributed by atoms with van der Waals surface area (Å²) in [5.74, 6) is 0. The number of nitrogens with zero attached hydrogens (tertiary/aromatic N) is 2. The first-order valence-corrected chi connectivity index (χ1v) is 6.72. The summed E-state index contributed by atoms with van der Waals surface area (Å²) in [5, 5.41) is 7.50. The summed E-state index contributed by atoms with van der Waals surface area (Å²) in [5.41, 5.74) is 1.10. The summed E-state index contributed by atoms with van der Waals surface area (Å²) in [4.78, 5) is 1.18. The molecule has 0 saturated carbocycles. The Morgan fingerprint density at radius 3 is 2.75 bits per heavy atom. The Labute approximate surface area is 112 Å². The fraction of sp³-hybridized carbons (Fsp3) is 0.300. The number of aryl methyl sites for hydroxylation is 1. The van der Waals surface area contributed by atoms with Crippen molar-refractivity contribution < 1.29 is 0 Å². The SMILES string of the molecule is CNC(c1ccc(Cl)s1)c1c(Br)cnn1C. The first-order valence-electron chi connectivity index (χ1n) is 4.73. The Morgan fingerprint density at radius 2 is 2.31 bits per heavy atom. The van der Waals surface area contributed by atoms with E-state index in [1.807, 2.05) is 30.9 Å². The van der Waals surface area contributed by atoms with Gasteiger partial charge in [-0.1, -0.05) is 11.6 Å². The maximum atomic E-state index is 5.96. The van der Waals surface area contributed by atoms with Gasteiger partial charge in [0, 0.05) is 11.9 Å². The third kappa shape index (κ3) is 2.18. The minimum atomic E-state index is 0.111. The lowest BCUT2D eigenvalue weighted by Crippen LogP contribution is -2.20. The van der Waals surface area contributed by atoms with E-state index in [0.717, 1.165) is 14.5 Å². The predicted octanol–water partition coefficient (Wildman–Crippen LogP) is 3.21. The molecule has 0 spiro atoms. The summed E-state index contributed by atoms with van der Waals surface area (Å²) < 4.78 is 3.66. The zero-order valence-electron chi connectivity index (χ0n) is 8.87. The van der Waals surface area contributed by atoms with E-state index in [0.29, 0.717) is 0 Å². The first-order chi connectivity index (χ1) is 7.63. The van der Waals surface area contributed by atoms with E-state index in [2.05, 4.69) is 26.3 Å². The third-order valence-electron chi connectivity index (χ3n) is 2.38. The van der Waals surface area contributed by atoms with Crippen molar-refractivity contribution in [3.05, 3.63) is 37.7 Å². The fourth-order valence-electron chi connectivity index (χ4n) is 1.64. The van der Waals surface area contributed by atoms with Crippen LogP contribution in [0.2, 0.25) is 4.34 Å². The Morgan fingerprint density at radius 1 is 1.56 bits per heavy atom. The van der Waals surface area contributed by atoms with Crippen LogP contribution < -0.4 is 5.32 Å². The molecule has 3 nitrogen and oxygen atoms in total. The molecule has 0 amide bonds. The highest BCUT2D eigenvalue weighted by molar-refractivity contribution is 9.10. The van der Waals surface area contributed by atoms with Gasteiger partial charge in [0.15, 0.2) is 0 Å². The van der Waals surface area contributed by atoms with Gasteiger partial charge in [0.2, 0.25) is 0 Å². The monoisotopic (exact) mass is 319 g/mol. The lowest BCUT2D eigenvalue weighted by Gasteiger charge is -2.15. The van der Waals surface area contributed by atoms with Crippen LogP contribution in [0.25, 0.3) is 0 Å². The minimum Gasteiger partial charge on any atom is -0.307 e. The summed E-state index contributed by atoms with van der Waals surface area (Å²) in [7, 11) is 3.86. The number of rotatable bonds is 3. The molecule has 0 aliphatic rings. The van der Waals surface area contributed by atoms with Crippen LogP contribution in [0.4, 0.5) is 0 Å². The quantitative estimate of drug-likeness (QED) is 0.941. The van der Waals surface area contributed by atoms with Crippen molar-refractivity contribution in [3.8, 4) is 0 Å². The Kier molecular flexibility index (Phi) is 3.69. The molecule has 6 heteroatoms. The largest absolute Gasteiger partial charge is 0.307 e. The number of hydrogen-bond donors (Lipinski definition) is 1. The molecule has 0 bridgehead atoms. The topological polar surface area (TPSA) is 29.9 Å². The number of aromatic nitrogens is 2. The number of thiophene rings is 1. The van der Waals surface area contributed by atoms with Gasteiger partial charge in [0.25, 0.3) is 0 Å². The standard InChI is InChI=1S/C10H11BrClN3S/c1-13-9(7-3-4-8(12)16-7)10-6(11)5-14-15(10)2/h3-5,9,13H,1-2H3. The van der Waals surface area contributed by atoms with E-state index in [1.54, 1.807) is 17.5 Å². The van der Waals surface area contributed by atoms with Gasteiger partial charge in [-0.15, -0.1) is 11.3 Å². The highest BCUT2D eigenvalue weighted by Crippen LogP contribution is 2.33. The van der Waals surface area contributed by atoms with Crippen molar-refractivity contribution >= 4 is 38.9 Å².